The predicted molar refractivity (Wildman–Crippen MR) is 104 cm³/mol. The second-order valence-electron chi connectivity index (χ2n) is 7.56. The van der Waals surface area contributed by atoms with Gasteiger partial charge in [0, 0.05) is 56.7 Å². The number of ketones is 1. The lowest BCUT2D eigenvalue weighted by molar-refractivity contribution is -0.171. The number of rotatable bonds is 4. The van der Waals surface area contributed by atoms with Crippen LogP contribution in [0.4, 0.5) is 24.5 Å². The van der Waals surface area contributed by atoms with Gasteiger partial charge in [0.1, 0.15) is 0 Å². The van der Waals surface area contributed by atoms with E-state index in [0.717, 1.165) is 31.1 Å². The third-order valence-electron chi connectivity index (χ3n) is 5.51. The molecule has 1 amide bonds. The fourth-order valence-electron chi connectivity index (χ4n) is 3.83. The molecule has 0 radical (unpaired) electrons. The molecule has 1 aromatic rings. The molecule has 9 heteroatoms. The Balaban J connectivity index is 2.05. The van der Waals surface area contributed by atoms with Crippen molar-refractivity contribution in [3.63, 3.8) is 0 Å². The highest BCUT2D eigenvalue weighted by Gasteiger charge is 2.46. The summed E-state index contributed by atoms with van der Waals surface area (Å²) < 4.78 is 45.6. The minimum absolute atomic E-state index is 0.0307. The number of ether oxygens (including phenoxy) is 1. The molecule has 0 bridgehead atoms. The number of alkyl halides is 3. The van der Waals surface area contributed by atoms with Gasteiger partial charge >= 0.3 is 12.1 Å². The molecule has 2 heterocycles. The lowest BCUT2D eigenvalue weighted by Crippen LogP contribution is -2.50. The van der Waals surface area contributed by atoms with E-state index in [9.17, 15) is 22.8 Å². The quantitative estimate of drug-likeness (QED) is 0.711. The van der Waals surface area contributed by atoms with Crippen LogP contribution < -0.4 is 9.80 Å². The van der Waals surface area contributed by atoms with E-state index in [0.29, 0.717) is 5.69 Å². The van der Waals surface area contributed by atoms with Gasteiger partial charge in [0.05, 0.1) is 5.69 Å². The van der Waals surface area contributed by atoms with Crippen molar-refractivity contribution >= 4 is 23.1 Å². The number of likely N-dealkylation sites (N-methyl/N-ethyl adjacent to an activating group) is 1. The van der Waals surface area contributed by atoms with Crippen LogP contribution in [0.3, 0.4) is 0 Å². The summed E-state index contributed by atoms with van der Waals surface area (Å²) in [5.74, 6) is -2.32. The van der Waals surface area contributed by atoms with Crippen molar-refractivity contribution in [2.45, 2.75) is 32.0 Å². The van der Waals surface area contributed by atoms with Gasteiger partial charge in [-0.05, 0) is 45.0 Å². The summed E-state index contributed by atoms with van der Waals surface area (Å²) in [7, 11) is 2.01. The summed E-state index contributed by atoms with van der Waals surface area (Å²) in [4.78, 5) is 29.6. The van der Waals surface area contributed by atoms with Gasteiger partial charge in [-0.1, -0.05) is 0 Å². The Hall–Kier alpha value is -2.13. The van der Waals surface area contributed by atoms with Gasteiger partial charge in [-0.15, -0.1) is 0 Å². The van der Waals surface area contributed by atoms with Crippen molar-refractivity contribution in [2.24, 2.45) is 0 Å². The Kier molecular flexibility index (Phi) is 6.48. The average Bonchev–Trinajstić information content (AvgIpc) is 2.68. The van der Waals surface area contributed by atoms with E-state index in [1.165, 1.54) is 13.0 Å². The van der Waals surface area contributed by atoms with Crippen molar-refractivity contribution in [3.8, 4) is 0 Å². The Labute approximate surface area is 168 Å². The zero-order chi connectivity index (χ0) is 21.2. The summed E-state index contributed by atoms with van der Waals surface area (Å²) in [6, 6.07) is 4.16. The first-order valence-electron chi connectivity index (χ1n) is 9.75. The molecule has 29 heavy (non-hydrogen) atoms. The standard InChI is InChI=1S/C20H26F3N3O3/c1-14(27)17-4-3-16(25-9-7-24(2)8-10-25)13-18(17)26(19(28)20(21,22)23)15-5-11-29-12-6-15/h3-4,13,15H,5-12H2,1-2H3. The van der Waals surface area contributed by atoms with Crippen molar-refractivity contribution in [2.75, 3.05) is 56.2 Å². The fraction of sp³-hybridized carbons (Fsp3) is 0.600. The van der Waals surface area contributed by atoms with Crippen LogP contribution in [0.1, 0.15) is 30.1 Å². The number of hydrogen-bond donors (Lipinski definition) is 0. The van der Waals surface area contributed by atoms with Crippen molar-refractivity contribution < 1.29 is 27.5 Å². The largest absolute Gasteiger partial charge is 0.471 e. The number of benzene rings is 1. The number of amides is 1. The molecule has 0 saturated carbocycles. The maximum Gasteiger partial charge on any atom is 0.471 e. The Morgan fingerprint density at radius 1 is 1.10 bits per heavy atom. The highest BCUT2D eigenvalue weighted by Crippen LogP contribution is 2.34. The second-order valence-corrected chi connectivity index (χ2v) is 7.56. The predicted octanol–water partition coefficient (Wildman–Crippen LogP) is 2.72. The molecule has 0 aliphatic carbocycles. The number of nitrogens with zero attached hydrogens (tertiary/aromatic N) is 3. The molecule has 0 unspecified atom stereocenters. The third-order valence-corrected chi connectivity index (χ3v) is 5.51. The van der Waals surface area contributed by atoms with E-state index >= 15 is 0 Å². The van der Waals surface area contributed by atoms with Gasteiger partial charge in [0.25, 0.3) is 0 Å². The van der Waals surface area contributed by atoms with Crippen LogP contribution in [-0.4, -0.2) is 75.2 Å². The Morgan fingerprint density at radius 3 is 2.28 bits per heavy atom. The number of carbonyl (C=O) groups is 2. The maximum atomic E-state index is 13.4. The van der Waals surface area contributed by atoms with Crippen LogP contribution in [0.15, 0.2) is 18.2 Å². The SMILES string of the molecule is CC(=O)c1ccc(N2CCN(C)CC2)cc1N(C(=O)C(F)(F)F)C1CCOCC1. The summed E-state index contributed by atoms with van der Waals surface area (Å²) in [6.07, 6.45) is -4.45. The van der Waals surface area contributed by atoms with E-state index in [-0.39, 0.29) is 43.1 Å². The van der Waals surface area contributed by atoms with E-state index in [2.05, 4.69) is 9.80 Å². The van der Waals surface area contributed by atoms with E-state index in [1.807, 2.05) is 7.05 Å². The van der Waals surface area contributed by atoms with Crippen LogP contribution in [0.2, 0.25) is 0 Å². The lowest BCUT2D eigenvalue weighted by Gasteiger charge is -2.37. The van der Waals surface area contributed by atoms with Gasteiger partial charge in [0.2, 0.25) is 0 Å². The minimum atomic E-state index is -5.03. The fourth-order valence-corrected chi connectivity index (χ4v) is 3.83. The highest BCUT2D eigenvalue weighted by molar-refractivity contribution is 6.07. The van der Waals surface area contributed by atoms with Gasteiger partial charge in [-0.3, -0.25) is 9.59 Å². The van der Waals surface area contributed by atoms with Crippen LogP contribution in [0.25, 0.3) is 0 Å². The number of hydrogen-bond acceptors (Lipinski definition) is 5. The number of carbonyl (C=O) groups excluding carboxylic acids is 2. The monoisotopic (exact) mass is 413 g/mol. The number of piperazine rings is 1. The Morgan fingerprint density at radius 2 is 1.72 bits per heavy atom. The van der Waals surface area contributed by atoms with E-state index in [4.69, 9.17) is 4.74 Å². The molecule has 160 valence electrons. The first-order chi connectivity index (χ1) is 13.7. The Bertz CT molecular complexity index is 755. The molecule has 0 aromatic heterocycles. The molecule has 2 saturated heterocycles. The van der Waals surface area contributed by atoms with Gasteiger partial charge in [-0.2, -0.15) is 13.2 Å². The third kappa shape index (κ3) is 4.90. The van der Waals surface area contributed by atoms with Gasteiger partial charge in [0.15, 0.2) is 5.78 Å². The summed E-state index contributed by atoms with van der Waals surface area (Å²) in [5, 5.41) is 0. The zero-order valence-corrected chi connectivity index (χ0v) is 16.7. The molecule has 1 aromatic carbocycles. The molecule has 3 rings (SSSR count). The van der Waals surface area contributed by atoms with Crippen molar-refractivity contribution in [1.82, 2.24) is 4.90 Å². The molecule has 2 fully saturated rings. The number of anilines is 2. The highest BCUT2D eigenvalue weighted by atomic mass is 19.4. The van der Waals surface area contributed by atoms with Crippen LogP contribution in [-0.2, 0) is 9.53 Å². The topological polar surface area (TPSA) is 53.1 Å². The first kappa shape index (κ1) is 21.6. The number of Topliss-reactive ketones (excluding diaryl/α,β-unsaturated/α-hetero) is 1. The summed E-state index contributed by atoms with van der Waals surface area (Å²) in [6.45, 7) is 4.96. The normalized spacial score (nSPS) is 19.3. The molecule has 2 aliphatic rings. The van der Waals surface area contributed by atoms with E-state index in [1.54, 1.807) is 12.1 Å². The zero-order valence-electron chi connectivity index (χ0n) is 16.7. The lowest BCUT2D eigenvalue weighted by atomic mass is 10.0. The molecule has 6 nitrogen and oxygen atoms in total. The first-order valence-corrected chi connectivity index (χ1v) is 9.75. The van der Waals surface area contributed by atoms with Crippen LogP contribution >= 0.6 is 0 Å². The minimum Gasteiger partial charge on any atom is -0.381 e. The smallest absolute Gasteiger partial charge is 0.381 e. The summed E-state index contributed by atoms with van der Waals surface area (Å²) >= 11 is 0. The second kappa shape index (κ2) is 8.71. The molecule has 0 atom stereocenters. The van der Waals surface area contributed by atoms with Gasteiger partial charge in [-0.25, -0.2) is 0 Å². The van der Waals surface area contributed by atoms with Crippen molar-refractivity contribution in [3.05, 3.63) is 23.8 Å². The molecular weight excluding hydrogens is 387 g/mol. The van der Waals surface area contributed by atoms with Gasteiger partial charge < -0.3 is 19.4 Å². The van der Waals surface area contributed by atoms with Crippen molar-refractivity contribution in [1.29, 1.82) is 0 Å². The van der Waals surface area contributed by atoms with Crippen LogP contribution in [0, 0.1) is 0 Å². The molecule has 2 aliphatic heterocycles. The van der Waals surface area contributed by atoms with Crippen LogP contribution in [0.5, 0.6) is 0 Å². The maximum absolute atomic E-state index is 13.4. The molecule has 0 N–H and O–H groups in total. The average molecular weight is 413 g/mol. The van der Waals surface area contributed by atoms with E-state index < -0.39 is 18.1 Å². The molecule has 0 spiro atoms. The molecular formula is C20H26F3N3O3. The number of halogens is 3. The summed E-state index contributed by atoms with van der Waals surface area (Å²) in [5.41, 5.74) is 0.861.